The number of anilines is 1. The Morgan fingerprint density at radius 1 is 0.909 bits per heavy atom. The Kier molecular flexibility index (Phi) is 5.73. The number of amides is 2. The first-order valence-corrected chi connectivity index (χ1v) is 11.5. The summed E-state index contributed by atoms with van der Waals surface area (Å²) in [5, 5.41) is 9.83. The highest BCUT2D eigenvalue weighted by Gasteiger charge is 2.23. The number of fused-ring (bicyclic) bond motifs is 1. The molecule has 1 aromatic heterocycles. The normalized spacial score (nSPS) is 15.0. The van der Waals surface area contributed by atoms with Crippen molar-refractivity contribution in [3.8, 4) is 11.1 Å². The maximum Gasteiger partial charge on any atom is 0.317 e. The van der Waals surface area contributed by atoms with E-state index in [1.807, 2.05) is 41.2 Å². The number of benzene rings is 3. The molecule has 0 radical (unpaired) electrons. The molecule has 5 rings (SSSR count). The van der Waals surface area contributed by atoms with Crippen LogP contribution in [-0.4, -0.2) is 46.9 Å². The van der Waals surface area contributed by atoms with Crippen molar-refractivity contribution in [1.29, 1.82) is 0 Å². The fourth-order valence-corrected chi connectivity index (χ4v) is 4.59. The summed E-state index contributed by atoms with van der Waals surface area (Å²) in [6, 6.07) is 23.1. The molecule has 1 aliphatic rings. The molecule has 6 nitrogen and oxygen atoms in total. The standard InChI is InChI=1S/C27H29N5O/c1-20(25-9-5-7-22-6-3-4-8-26(22)25)29-27(33)32-16-14-31(15-17-32)24-12-10-21(11-13-24)23-18-28-30(2)19-23/h3-13,18-20H,14-17H2,1-2H3,(H,29,33)/t20-/m0/s1. The Bertz CT molecular complexity index is 1250. The predicted molar refractivity (Wildman–Crippen MR) is 133 cm³/mol. The number of nitrogens with zero attached hydrogens (tertiary/aromatic N) is 4. The number of nitrogens with one attached hydrogen (secondary N) is 1. The number of hydrogen-bond acceptors (Lipinski definition) is 3. The maximum atomic E-state index is 13.0. The Balaban J connectivity index is 1.19. The third-order valence-corrected chi connectivity index (χ3v) is 6.47. The van der Waals surface area contributed by atoms with Gasteiger partial charge in [0.05, 0.1) is 12.2 Å². The molecule has 1 fully saturated rings. The Morgan fingerprint density at radius 3 is 2.36 bits per heavy atom. The first-order chi connectivity index (χ1) is 16.1. The van der Waals surface area contributed by atoms with Crippen molar-refractivity contribution < 1.29 is 4.79 Å². The third-order valence-electron chi connectivity index (χ3n) is 6.47. The zero-order valence-electron chi connectivity index (χ0n) is 19.1. The average Bonchev–Trinajstić information content (AvgIpc) is 3.30. The van der Waals surface area contributed by atoms with Crippen LogP contribution in [0.15, 0.2) is 79.1 Å². The van der Waals surface area contributed by atoms with Crippen LogP contribution >= 0.6 is 0 Å². The summed E-state index contributed by atoms with van der Waals surface area (Å²) in [7, 11) is 1.93. The minimum absolute atomic E-state index is 0.00186. The number of urea groups is 1. The molecule has 0 bridgehead atoms. The molecule has 0 spiro atoms. The quantitative estimate of drug-likeness (QED) is 0.495. The summed E-state index contributed by atoms with van der Waals surface area (Å²) < 4.78 is 1.81. The van der Waals surface area contributed by atoms with Crippen LogP contribution in [0.1, 0.15) is 18.5 Å². The van der Waals surface area contributed by atoms with Gasteiger partial charge in [-0.15, -0.1) is 0 Å². The highest BCUT2D eigenvalue weighted by molar-refractivity contribution is 5.86. The van der Waals surface area contributed by atoms with Gasteiger partial charge in [-0.3, -0.25) is 4.68 Å². The lowest BCUT2D eigenvalue weighted by Gasteiger charge is -2.36. The molecule has 1 atom stereocenters. The van der Waals surface area contributed by atoms with Crippen molar-refractivity contribution in [2.75, 3.05) is 31.1 Å². The zero-order valence-corrected chi connectivity index (χ0v) is 19.1. The largest absolute Gasteiger partial charge is 0.368 e. The van der Waals surface area contributed by atoms with Crippen LogP contribution in [0.4, 0.5) is 10.5 Å². The molecule has 3 aromatic carbocycles. The van der Waals surface area contributed by atoms with Crippen molar-refractivity contribution >= 4 is 22.5 Å². The van der Waals surface area contributed by atoms with E-state index < -0.39 is 0 Å². The highest BCUT2D eigenvalue weighted by Crippen LogP contribution is 2.25. The molecule has 33 heavy (non-hydrogen) atoms. The molecule has 6 heteroatoms. The fourth-order valence-electron chi connectivity index (χ4n) is 4.59. The van der Waals surface area contributed by atoms with Gasteiger partial charge in [0.2, 0.25) is 0 Å². The fraction of sp³-hybridized carbons (Fsp3) is 0.259. The Morgan fingerprint density at radius 2 is 1.64 bits per heavy atom. The molecule has 0 unspecified atom stereocenters. The SMILES string of the molecule is C[C@H](NC(=O)N1CCN(c2ccc(-c3cnn(C)c3)cc2)CC1)c1cccc2ccccc12. The zero-order chi connectivity index (χ0) is 22.8. The molecule has 1 saturated heterocycles. The summed E-state index contributed by atoms with van der Waals surface area (Å²) in [5.74, 6) is 0. The first kappa shape index (κ1) is 21.1. The number of aryl methyl sites for hydroxylation is 1. The van der Waals surface area contributed by atoms with Crippen LogP contribution < -0.4 is 10.2 Å². The summed E-state index contributed by atoms with van der Waals surface area (Å²) in [4.78, 5) is 17.2. The van der Waals surface area contributed by atoms with Crippen LogP contribution in [0.2, 0.25) is 0 Å². The molecule has 168 valence electrons. The van der Waals surface area contributed by atoms with Gasteiger partial charge < -0.3 is 15.1 Å². The summed E-state index contributed by atoms with van der Waals surface area (Å²) in [5.41, 5.74) is 4.61. The van der Waals surface area contributed by atoms with Crippen LogP contribution in [0.25, 0.3) is 21.9 Å². The van der Waals surface area contributed by atoms with Crippen LogP contribution in [0.5, 0.6) is 0 Å². The van der Waals surface area contributed by atoms with Gasteiger partial charge in [0.25, 0.3) is 0 Å². The number of hydrogen-bond donors (Lipinski definition) is 1. The second-order valence-electron chi connectivity index (χ2n) is 8.66. The Hall–Kier alpha value is -3.80. The second kappa shape index (κ2) is 8.98. The number of carbonyl (C=O) groups excluding carboxylic acids is 1. The topological polar surface area (TPSA) is 53.4 Å². The number of piperazine rings is 1. The van der Waals surface area contributed by atoms with Crippen molar-refractivity contribution in [1.82, 2.24) is 20.0 Å². The van der Waals surface area contributed by atoms with Crippen molar-refractivity contribution in [2.24, 2.45) is 7.05 Å². The van der Waals surface area contributed by atoms with E-state index in [-0.39, 0.29) is 12.1 Å². The van der Waals surface area contributed by atoms with Gasteiger partial charge in [0.1, 0.15) is 0 Å². The van der Waals surface area contributed by atoms with Crippen LogP contribution in [0.3, 0.4) is 0 Å². The molecule has 2 heterocycles. The molecular weight excluding hydrogens is 410 g/mol. The lowest BCUT2D eigenvalue weighted by molar-refractivity contribution is 0.191. The molecule has 2 amide bonds. The average molecular weight is 440 g/mol. The van der Waals surface area contributed by atoms with E-state index in [4.69, 9.17) is 0 Å². The summed E-state index contributed by atoms with van der Waals surface area (Å²) >= 11 is 0. The van der Waals surface area contributed by atoms with E-state index in [1.165, 1.54) is 16.5 Å². The van der Waals surface area contributed by atoms with Gasteiger partial charge in [-0.1, -0.05) is 54.6 Å². The van der Waals surface area contributed by atoms with Crippen molar-refractivity contribution in [3.63, 3.8) is 0 Å². The van der Waals surface area contributed by atoms with E-state index in [0.717, 1.165) is 29.8 Å². The monoisotopic (exact) mass is 439 g/mol. The smallest absolute Gasteiger partial charge is 0.317 e. The first-order valence-electron chi connectivity index (χ1n) is 11.5. The van der Waals surface area contributed by atoms with Crippen LogP contribution in [-0.2, 0) is 7.05 Å². The number of carbonyl (C=O) groups is 1. The van der Waals surface area contributed by atoms with E-state index >= 15 is 0 Å². The minimum atomic E-state index is -0.0540. The van der Waals surface area contributed by atoms with E-state index in [0.29, 0.717) is 13.1 Å². The number of aromatic nitrogens is 2. The Labute approximate surface area is 194 Å². The van der Waals surface area contributed by atoms with Gasteiger partial charge in [-0.2, -0.15) is 5.10 Å². The van der Waals surface area contributed by atoms with Crippen LogP contribution in [0, 0.1) is 0 Å². The van der Waals surface area contributed by atoms with Gasteiger partial charge in [-0.05, 0) is 41.0 Å². The number of rotatable bonds is 4. The lowest BCUT2D eigenvalue weighted by Crippen LogP contribution is -2.52. The highest BCUT2D eigenvalue weighted by atomic mass is 16.2. The minimum Gasteiger partial charge on any atom is -0.368 e. The summed E-state index contributed by atoms with van der Waals surface area (Å²) in [6.45, 7) is 5.11. The predicted octanol–water partition coefficient (Wildman–Crippen LogP) is 4.83. The molecular formula is C27H29N5O. The van der Waals surface area contributed by atoms with Gasteiger partial charge >= 0.3 is 6.03 Å². The van der Waals surface area contributed by atoms with E-state index in [2.05, 4.69) is 76.8 Å². The van der Waals surface area contributed by atoms with E-state index in [9.17, 15) is 4.79 Å². The second-order valence-corrected chi connectivity index (χ2v) is 8.66. The molecule has 0 aliphatic carbocycles. The molecule has 4 aromatic rings. The van der Waals surface area contributed by atoms with Crippen molar-refractivity contribution in [2.45, 2.75) is 13.0 Å². The third kappa shape index (κ3) is 4.42. The van der Waals surface area contributed by atoms with Gasteiger partial charge in [-0.25, -0.2) is 4.79 Å². The maximum absolute atomic E-state index is 13.0. The van der Waals surface area contributed by atoms with Gasteiger partial charge in [0.15, 0.2) is 0 Å². The van der Waals surface area contributed by atoms with Gasteiger partial charge in [0, 0.05) is 50.7 Å². The molecule has 1 aliphatic heterocycles. The molecule has 1 N–H and O–H groups in total. The lowest BCUT2D eigenvalue weighted by atomic mass is 10.00. The van der Waals surface area contributed by atoms with Crippen molar-refractivity contribution in [3.05, 3.63) is 84.7 Å². The molecule has 0 saturated carbocycles. The summed E-state index contributed by atoms with van der Waals surface area (Å²) in [6.07, 6.45) is 3.90. The van der Waals surface area contributed by atoms with E-state index in [1.54, 1.807) is 0 Å².